The Bertz CT molecular complexity index is 1260. The molecule has 1 N–H and O–H groups in total. The molecule has 3 aromatic carbocycles. The number of allylic oxidation sites excluding steroid dienone is 1. The number of aryl methyl sites for hydroxylation is 2. The van der Waals surface area contributed by atoms with E-state index in [0.717, 1.165) is 53.1 Å². The average molecular weight is 453 g/mol. The van der Waals surface area contributed by atoms with Gasteiger partial charge in [-0.3, -0.25) is 0 Å². The Kier molecular flexibility index (Phi) is 8.01. The third kappa shape index (κ3) is 6.37. The van der Waals surface area contributed by atoms with Crippen molar-refractivity contribution in [1.29, 1.82) is 0 Å². The fourth-order valence-electron chi connectivity index (χ4n) is 4.09. The van der Waals surface area contributed by atoms with Gasteiger partial charge in [0.05, 0.1) is 11.1 Å². The predicted octanol–water partition coefficient (Wildman–Crippen LogP) is 7.80. The number of rotatable bonds is 10. The zero-order valence-corrected chi connectivity index (χ0v) is 19.6. The van der Waals surface area contributed by atoms with Crippen molar-refractivity contribution in [2.24, 2.45) is 0 Å². The molecule has 0 aliphatic carbocycles. The zero-order valence-electron chi connectivity index (χ0n) is 18.9. The summed E-state index contributed by atoms with van der Waals surface area (Å²) in [5.41, 5.74) is 6.48. The van der Waals surface area contributed by atoms with Crippen LogP contribution in [0.4, 0.5) is 0 Å². The van der Waals surface area contributed by atoms with Gasteiger partial charge in [0.1, 0.15) is 11.3 Å². The molecule has 0 saturated carbocycles. The number of halogens is 1. The molecule has 33 heavy (non-hydrogen) atoms. The number of benzene rings is 3. The molecule has 0 saturated heterocycles. The second-order valence-corrected chi connectivity index (χ2v) is 8.79. The first-order valence-corrected chi connectivity index (χ1v) is 12.0. The van der Waals surface area contributed by atoms with Crippen LogP contribution in [0.15, 0.2) is 72.8 Å². The van der Waals surface area contributed by atoms with Crippen LogP contribution < -0.4 is 0 Å². The third-order valence-electron chi connectivity index (χ3n) is 5.91. The molecule has 3 heteroatoms. The molecule has 0 amide bonds. The van der Waals surface area contributed by atoms with E-state index in [0.29, 0.717) is 0 Å². The van der Waals surface area contributed by atoms with Crippen LogP contribution in [-0.2, 0) is 19.3 Å². The molecule has 0 unspecified atom stereocenters. The molecule has 0 atom stereocenters. The summed E-state index contributed by atoms with van der Waals surface area (Å²) in [5.74, 6) is 3.74. The monoisotopic (exact) mass is 452 g/mol. The second-order valence-electron chi connectivity index (χ2n) is 8.39. The number of terminal acetylenes is 1. The van der Waals surface area contributed by atoms with Gasteiger partial charge in [0.15, 0.2) is 0 Å². The second kappa shape index (κ2) is 11.5. The van der Waals surface area contributed by atoms with Gasteiger partial charge in [-0.1, -0.05) is 91.0 Å². The number of fused-ring (bicyclic) bond motifs is 1. The molecule has 166 valence electrons. The summed E-state index contributed by atoms with van der Waals surface area (Å²) in [6, 6.07) is 22.8. The Morgan fingerprint density at radius 1 is 0.909 bits per heavy atom. The number of aromatic amines is 1. The Balaban J connectivity index is 1.18. The van der Waals surface area contributed by atoms with Gasteiger partial charge in [0.2, 0.25) is 0 Å². The maximum absolute atomic E-state index is 6.54. The fourth-order valence-corrected chi connectivity index (χ4v) is 4.37. The molecular formula is C30H29ClN2. The molecule has 0 spiro atoms. The van der Waals surface area contributed by atoms with Crippen LogP contribution in [-0.4, -0.2) is 9.97 Å². The summed E-state index contributed by atoms with van der Waals surface area (Å²) in [5, 5.41) is 0.862. The van der Waals surface area contributed by atoms with Gasteiger partial charge in [0, 0.05) is 11.4 Å². The van der Waals surface area contributed by atoms with Crippen LogP contribution in [0.3, 0.4) is 0 Å². The quantitative estimate of drug-likeness (QED) is 0.193. The number of unbranched alkanes of at least 4 members (excludes halogenated alkanes) is 3. The zero-order chi connectivity index (χ0) is 22.9. The average Bonchev–Trinajstić information content (AvgIpc) is 3.26. The van der Waals surface area contributed by atoms with Crippen LogP contribution >= 0.6 is 11.6 Å². The van der Waals surface area contributed by atoms with E-state index in [1.165, 1.54) is 36.0 Å². The molecule has 4 aromatic rings. The normalized spacial score (nSPS) is 11.3. The Morgan fingerprint density at radius 2 is 1.73 bits per heavy atom. The molecular weight excluding hydrogens is 424 g/mol. The molecule has 1 aromatic heterocycles. The maximum Gasteiger partial charge on any atom is 0.107 e. The first kappa shape index (κ1) is 22.9. The van der Waals surface area contributed by atoms with Crippen molar-refractivity contribution in [3.63, 3.8) is 0 Å². The number of imidazole rings is 1. The number of nitrogens with one attached hydrogen (secondary N) is 1. The summed E-state index contributed by atoms with van der Waals surface area (Å²) in [7, 11) is 0. The van der Waals surface area contributed by atoms with E-state index >= 15 is 0 Å². The van der Waals surface area contributed by atoms with Crippen molar-refractivity contribution in [2.45, 2.75) is 44.9 Å². The highest BCUT2D eigenvalue weighted by Crippen LogP contribution is 2.21. The minimum atomic E-state index is 0.846. The Morgan fingerprint density at radius 3 is 2.52 bits per heavy atom. The van der Waals surface area contributed by atoms with E-state index in [1.54, 1.807) is 0 Å². The van der Waals surface area contributed by atoms with E-state index in [9.17, 15) is 0 Å². The standard InChI is InChI=1S/C30H29ClN2/c1-2-25-16-11-18-28-30(25)33-29(32-28)19-9-4-3-6-14-24-20-21-26(27(31)22-24)17-10-15-23-12-7-5-8-13-23/h1,5,7-8,10-13,15-16,18,20-22H,3-4,6,9,14,17,19H2,(H,32,33)/b15-10+. The van der Waals surface area contributed by atoms with Gasteiger partial charge in [-0.25, -0.2) is 4.98 Å². The molecule has 2 nitrogen and oxygen atoms in total. The van der Waals surface area contributed by atoms with Crippen LogP contribution in [0.1, 0.15) is 53.8 Å². The van der Waals surface area contributed by atoms with Crippen molar-refractivity contribution in [3.05, 3.63) is 106 Å². The van der Waals surface area contributed by atoms with Gasteiger partial charge in [0.25, 0.3) is 0 Å². The van der Waals surface area contributed by atoms with Gasteiger partial charge in [-0.15, -0.1) is 6.42 Å². The van der Waals surface area contributed by atoms with E-state index in [4.69, 9.17) is 18.0 Å². The summed E-state index contributed by atoms with van der Waals surface area (Å²) >= 11 is 6.54. The number of H-pyrrole nitrogens is 1. The van der Waals surface area contributed by atoms with Gasteiger partial charge in [-0.05, 0) is 60.6 Å². The van der Waals surface area contributed by atoms with E-state index in [-0.39, 0.29) is 0 Å². The lowest BCUT2D eigenvalue weighted by Crippen LogP contribution is -1.91. The van der Waals surface area contributed by atoms with Gasteiger partial charge >= 0.3 is 0 Å². The first-order chi connectivity index (χ1) is 16.2. The van der Waals surface area contributed by atoms with Crippen molar-refractivity contribution in [2.75, 3.05) is 0 Å². The lowest BCUT2D eigenvalue weighted by molar-refractivity contribution is 0.632. The minimum absolute atomic E-state index is 0.846. The predicted molar refractivity (Wildman–Crippen MR) is 141 cm³/mol. The molecule has 1 heterocycles. The van der Waals surface area contributed by atoms with Crippen molar-refractivity contribution >= 4 is 28.7 Å². The molecule has 0 radical (unpaired) electrons. The minimum Gasteiger partial charge on any atom is -0.342 e. The lowest BCUT2D eigenvalue weighted by Gasteiger charge is -2.06. The Labute approximate surface area is 201 Å². The summed E-state index contributed by atoms with van der Waals surface area (Å²) in [6.07, 6.45) is 17.4. The van der Waals surface area contributed by atoms with Gasteiger partial charge < -0.3 is 4.98 Å². The summed E-state index contributed by atoms with van der Waals surface area (Å²) in [4.78, 5) is 8.08. The maximum atomic E-state index is 6.54. The van der Waals surface area contributed by atoms with Gasteiger partial charge in [-0.2, -0.15) is 0 Å². The lowest BCUT2D eigenvalue weighted by atomic mass is 10.0. The number of hydrogen-bond donors (Lipinski definition) is 1. The topological polar surface area (TPSA) is 28.7 Å². The molecule has 0 aliphatic heterocycles. The third-order valence-corrected chi connectivity index (χ3v) is 6.26. The smallest absolute Gasteiger partial charge is 0.107 e. The van der Waals surface area contributed by atoms with E-state index < -0.39 is 0 Å². The molecule has 0 bridgehead atoms. The van der Waals surface area contributed by atoms with Crippen molar-refractivity contribution < 1.29 is 0 Å². The number of para-hydroxylation sites is 1. The van der Waals surface area contributed by atoms with Crippen LogP contribution in [0, 0.1) is 12.3 Å². The summed E-state index contributed by atoms with van der Waals surface area (Å²) in [6.45, 7) is 0. The van der Waals surface area contributed by atoms with Crippen molar-refractivity contribution in [1.82, 2.24) is 9.97 Å². The largest absolute Gasteiger partial charge is 0.342 e. The molecule has 0 fully saturated rings. The SMILES string of the molecule is C#Cc1cccc2[nH]c(CCCCCCc3ccc(C/C=C/c4ccccc4)c(Cl)c3)nc12. The first-order valence-electron chi connectivity index (χ1n) is 11.7. The molecule has 4 rings (SSSR count). The van der Waals surface area contributed by atoms with Crippen LogP contribution in [0.5, 0.6) is 0 Å². The summed E-state index contributed by atoms with van der Waals surface area (Å²) < 4.78 is 0. The number of hydrogen-bond acceptors (Lipinski definition) is 1. The number of aromatic nitrogens is 2. The molecule has 0 aliphatic rings. The fraction of sp³-hybridized carbons (Fsp3) is 0.233. The van der Waals surface area contributed by atoms with E-state index in [2.05, 4.69) is 70.5 Å². The highest BCUT2D eigenvalue weighted by atomic mass is 35.5. The van der Waals surface area contributed by atoms with Crippen LogP contribution in [0.2, 0.25) is 5.02 Å². The highest BCUT2D eigenvalue weighted by molar-refractivity contribution is 6.31. The highest BCUT2D eigenvalue weighted by Gasteiger charge is 2.06. The number of nitrogens with zero attached hydrogens (tertiary/aromatic N) is 1. The van der Waals surface area contributed by atoms with E-state index in [1.807, 2.05) is 24.3 Å². The van der Waals surface area contributed by atoms with Crippen molar-refractivity contribution in [3.8, 4) is 12.3 Å². The Hall–Kier alpha value is -3.28. The van der Waals surface area contributed by atoms with Crippen LogP contribution in [0.25, 0.3) is 17.1 Å².